The number of nitrogens with zero attached hydrogens (tertiary/aromatic N) is 2. The van der Waals surface area contributed by atoms with Crippen LogP contribution in [0.1, 0.15) is 412 Å². The molecule has 0 aromatic rings. The largest absolute Gasteiger partial charge is 0.295 e. The summed E-state index contributed by atoms with van der Waals surface area (Å²) < 4.78 is 0. The molecule has 0 amide bonds. The zero-order valence-corrected chi connectivity index (χ0v) is 72.5. The van der Waals surface area contributed by atoms with Gasteiger partial charge in [0.2, 0.25) is 0 Å². The number of hydrogen-bond donors (Lipinski definition) is 0. The first-order valence-corrected chi connectivity index (χ1v) is 49.8. The van der Waals surface area contributed by atoms with E-state index < -0.39 is 0 Å². The second kappa shape index (κ2) is 30.9. The fourth-order valence-corrected chi connectivity index (χ4v) is 35.6. The predicted octanol–water partition coefficient (Wildman–Crippen LogP) is 29.0. The first kappa shape index (κ1) is 77.6. The summed E-state index contributed by atoms with van der Waals surface area (Å²) in [4.78, 5) is 8.01. The molecule has 15 saturated carbocycles. The lowest BCUT2D eigenvalue weighted by Gasteiger charge is -2.73. The SMILES string of the molecule is CC(C)(C)C1CCC(C2CC3C4B(C5CC(C6CC7CC(C(C)(C)C)CC8CCC9CC(C(C)(C)C)CC6C9C87)CCC5N3C3C(C5CCCCC5)CC(C(C)(C)C)CC3C3CCCCC3)C3CCC(C5CCCCC5)CC3N(C3C(C5CCCCC5)CC(C(C)(C)C)CC3C3CCCCC3)C4C2)CC1. The van der Waals surface area contributed by atoms with Gasteiger partial charge in [-0.3, -0.25) is 9.80 Å². The Balaban J connectivity index is 0.864. The van der Waals surface area contributed by atoms with Crippen LogP contribution in [0.5, 0.6) is 0 Å². The normalized spacial score (nSPS) is 47.5. The molecule has 596 valence electrons. The smallest absolute Gasteiger partial charge is 0.156 e. The lowest BCUT2D eigenvalue weighted by Crippen LogP contribution is -2.77. The van der Waals surface area contributed by atoms with Gasteiger partial charge in [-0.05, 0) is 321 Å². The van der Waals surface area contributed by atoms with Crippen molar-refractivity contribution in [2.45, 2.75) is 466 Å². The average molecular weight is 1440 g/mol. The highest BCUT2D eigenvalue weighted by Crippen LogP contribution is 2.72. The molecule has 2 aliphatic heterocycles. The first-order chi connectivity index (χ1) is 50.2. The number of rotatable bonds is 9. The summed E-state index contributed by atoms with van der Waals surface area (Å²) in [5.74, 6) is 26.7. The van der Waals surface area contributed by atoms with Crippen molar-refractivity contribution < 1.29 is 0 Å². The molecule has 2 heterocycles. The van der Waals surface area contributed by atoms with Crippen molar-refractivity contribution in [3.05, 3.63) is 0 Å². The average Bonchev–Trinajstić information content (AvgIpc) is 0.687. The van der Waals surface area contributed by atoms with E-state index in [4.69, 9.17) is 0 Å². The van der Waals surface area contributed by atoms with Crippen molar-refractivity contribution >= 4 is 6.71 Å². The molecule has 3 heteroatoms. The molecular formula is C102H175BN2. The topological polar surface area (TPSA) is 6.48 Å². The zero-order chi connectivity index (χ0) is 72.8. The van der Waals surface area contributed by atoms with E-state index in [-0.39, 0.29) is 0 Å². The highest BCUT2D eigenvalue weighted by atomic mass is 15.3. The van der Waals surface area contributed by atoms with E-state index in [9.17, 15) is 0 Å². The monoisotopic (exact) mass is 1440 g/mol. The summed E-state index contributed by atoms with van der Waals surface area (Å²) in [5.41, 5.74) is 2.09. The maximum absolute atomic E-state index is 4.01. The fraction of sp³-hybridized carbons (Fsp3) is 1.00. The van der Waals surface area contributed by atoms with Crippen LogP contribution in [0.15, 0.2) is 0 Å². The van der Waals surface area contributed by atoms with Gasteiger partial charge in [0.25, 0.3) is 0 Å². The van der Waals surface area contributed by atoms with Gasteiger partial charge in [0, 0.05) is 36.3 Å². The summed E-state index contributed by atoms with van der Waals surface area (Å²) in [6.45, 7) is 41.8. The van der Waals surface area contributed by atoms with Gasteiger partial charge in [-0.1, -0.05) is 284 Å². The Morgan fingerprint density at radius 1 is 0.200 bits per heavy atom. The minimum atomic E-state index is 0.392. The predicted molar refractivity (Wildman–Crippen MR) is 450 cm³/mol. The molecule has 15 aliphatic carbocycles. The lowest BCUT2D eigenvalue weighted by atomic mass is 9.17. The molecule has 17 fully saturated rings. The van der Waals surface area contributed by atoms with Crippen molar-refractivity contribution in [1.29, 1.82) is 0 Å². The summed E-state index contributed by atoms with van der Waals surface area (Å²) in [6, 6.07) is 4.98. The summed E-state index contributed by atoms with van der Waals surface area (Å²) in [7, 11) is 0. The molecule has 105 heavy (non-hydrogen) atoms. The van der Waals surface area contributed by atoms with Gasteiger partial charge in [0.05, 0.1) is 0 Å². The van der Waals surface area contributed by atoms with Crippen LogP contribution in [-0.2, 0) is 0 Å². The van der Waals surface area contributed by atoms with Crippen molar-refractivity contribution in [2.24, 2.45) is 175 Å². The van der Waals surface area contributed by atoms with Gasteiger partial charge >= 0.3 is 0 Å². The fourth-order valence-electron chi connectivity index (χ4n) is 35.6. The van der Waals surface area contributed by atoms with Gasteiger partial charge < -0.3 is 0 Å². The van der Waals surface area contributed by atoms with Crippen LogP contribution in [0.25, 0.3) is 0 Å². The van der Waals surface area contributed by atoms with Gasteiger partial charge in [0.1, 0.15) is 0 Å². The molecule has 0 bridgehead atoms. The molecule has 17 rings (SSSR count). The molecule has 0 radical (unpaired) electrons. The minimum absolute atomic E-state index is 0.392. The maximum atomic E-state index is 4.01. The van der Waals surface area contributed by atoms with Crippen molar-refractivity contribution in [1.82, 2.24) is 9.80 Å². The van der Waals surface area contributed by atoms with E-state index in [0.29, 0.717) is 27.1 Å². The molecule has 17 aliphatic rings. The van der Waals surface area contributed by atoms with Crippen molar-refractivity contribution in [3.8, 4) is 0 Å². The van der Waals surface area contributed by atoms with E-state index in [1.54, 1.807) is 212 Å². The molecular weight excluding hydrogens is 1260 g/mol. The van der Waals surface area contributed by atoms with Crippen LogP contribution in [0.4, 0.5) is 0 Å². The van der Waals surface area contributed by atoms with E-state index >= 15 is 0 Å². The summed E-state index contributed by atoms with van der Waals surface area (Å²) in [5, 5.41) is 0. The molecule has 2 nitrogen and oxygen atoms in total. The quantitative estimate of drug-likeness (QED) is 0.212. The molecule has 0 N–H and O–H groups in total. The van der Waals surface area contributed by atoms with Crippen molar-refractivity contribution in [3.63, 3.8) is 0 Å². The molecule has 23 atom stereocenters. The Labute approximate surface area is 653 Å². The van der Waals surface area contributed by atoms with Gasteiger partial charge in [0.15, 0.2) is 6.71 Å². The Morgan fingerprint density at radius 2 is 0.543 bits per heavy atom. The highest BCUT2D eigenvalue weighted by Gasteiger charge is 2.70. The second-order valence-corrected chi connectivity index (χ2v) is 50.3. The third kappa shape index (κ3) is 15.2. The second-order valence-electron chi connectivity index (χ2n) is 50.3. The maximum Gasteiger partial charge on any atom is 0.156 e. The zero-order valence-electron chi connectivity index (χ0n) is 72.5. The first-order valence-electron chi connectivity index (χ1n) is 49.8. The Morgan fingerprint density at radius 3 is 0.990 bits per heavy atom. The van der Waals surface area contributed by atoms with E-state index in [0.717, 1.165) is 208 Å². The third-order valence-corrected chi connectivity index (χ3v) is 40.9. The van der Waals surface area contributed by atoms with Crippen LogP contribution < -0.4 is 0 Å². The van der Waals surface area contributed by atoms with Crippen LogP contribution in [-0.4, -0.2) is 52.8 Å². The van der Waals surface area contributed by atoms with Gasteiger partial charge in [-0.2, -0.15) is 0 Å². The molecule has 0 spiro atoms. The van der Waals surface area contributed by atoms with Crippen molar-refractivity contribution in [2.75, 3.05) is 0 Å². The van der Waals surface area contributed by atoms with E-state index in [2.05, 4.69) is 114 Å². The molecule has 0 aromatic heterocycles. The van der Waals surface area contributed by atoms with Crippen LogP contribution in [0, 0.1) is 175 Å². The van der Waals surface area contributed by atoms with Gasteiger partial charge in [-0.15, -0.1) is 0 Å². The minimum Gasteiger partial charge on any atom is -0.295 e. The highest BCUT2D eigenvalue weighted by molar-refractivity contribution is 6.65. The Hall–Kier alpha value is -0.0151. The van der Waals surface area contributed by atoms with Crippen LogP contribution in [0.3, 0.4) is 0 Å². The standard InChI is InChI=1S/C102H175BN2/c1-98(2,3)76-47-43-65(44-48-76)74-57-91-95-92(58-74)105(97-84(68-37-27-19-28-38-68)61-80(102(13,14)15)62-85(97)69-39-29-20-30-40-69)90-56-70(64-31-21-16-22-32-64)45-49-87(90)103(95)88-55-71(81-54-75-53-77(99(4,5)6)51-72-41-42-73-52-78(100(7,8)9)63-86(81)94(73)93(72)75)46-50-89(88)104(91)96-82(66-33-23-17-24-34-66)59-79(101(10,11)12)60-83(96)67-35-25-18-26-36-67/h64-97H,16-63H2,1-15H3. The van der Waals surface area contributed by atoms with E-state index in [1.165, 1.54) is 96.3 Å². The van der Waals surface area contributed by atoms with Gasteiger partial charge in [-0.25, -0.2) is 0 Å². The third-order valence-electron chi connectivity index (χ3n) is 40.9. The molecule has 23 unspecified atom stereocenters. The summed E-state index contributed by atoms with van der Waals surface area (Å²) in [6.07, 6.45) is 75.3. The molecule has 2 saturated heterocycles. The van der Waals surface area contributed by atoms with Crippen LogP contribution >= 0.6 is 0 Å². The number of fused-ring (bicyclic) bond motifs is 4. The van der Waals surface area contributed by atoms with E-state index in [1.807, 2.05) is 0 Å². The Kier molecular flexibility index (Phi) is 22.8. The Bertz CT molecular complexity index is 2740. The van der Waals surface area contributed by atoms with Crippen LogP contribution in [0.2, 0.25) is 17.5 Å². The summed E-state index contributed by atoms with van der Waals surface area (Å²) >= 11 is 0. The lowest BCUT2D eigenvalue weighted by molar-refractivity contribution is -0.158. The molecule has 0 aromatic carbocycles. The number of hydrogen-bond acceptors (Lipinski definition) is 2.